The highest BCUT2D eigenvalue weighted by molar-refractivity contribution is 7.98. The van der Waals surface area contributed by atoms with Crippen LogP contribution in [-0.4, -0.2) is 28.5 Å². The van der Waals surface area contributed by atoms with Crippen molar-refractivity contribution in [2.24, 2.45) is 0 Å². The Morgan fingerprint density at radius 3 is 2.89 bits per heavy atom. The van der Waals surface area contributed by atoms with Crippen LogP contribution in [0.25, 0.3) is 0 Å². The summed E-state index contributed by atoms with van der Waals surface area (Å²) in [7, 11) is 0. The highest BCUT2D eigenvalue weighted by Gasteiger charge is 2.10. The molecular weight excluding hydrogens is 250 g/mol. The monoisotopic (exact) mass is 269 g/mol. The second kappa shape index (κ2) is 7.10. The first-order valence-electron chi connectivity index (χ1n) is 5.81. The van der Waals surface area contributed by atoms with E-state index in [1.54, 1.807) is 11.8 Å². The Bertz CT molecular complexity index is 459. The highest BCUT2D eigenvalue weighted by Crippen LogP contribution is 2.01. The van der Waals surface area contributed by atoms with Crippen molar-refractivity contribution in [1.82, 2.24) is 9.88 Å². The number of carbonyl (C=O) groups is 1. The highest BCUT2D eigenvalue weighted by atomic mass is 32.2. The standard InChI is InChI=1S/C12H19N3O2S/c1-3-10(8-18-2)14-11(16)7-15-6-9(13)4-5-12(15)17/h4-6,10H,3,7-8,13H2,1-2H3,(H,14,16). The van der Waals surface area contributed by atoms with Crippen molar-refractivity contribution in [1.29, 1.82) is 0 Å². The smallest absolute Gasteiger partial charge is 0.251 e. The Hall–Kier alpha value is -1.43. The van der Waals surface area contributed by atoms with Gasteiger partial charge >= 0.3 is 0 Å². The van der Waals surface area contributed by atoms with Crippen molar-refractivity contribution in [2.75, 3.05) is 17.7 Å². The lowest BCUT2D eigenvalue weighted by atomic mass is 10.2. The van der Waals surface area contributed by atoms with E-state index in [1.807, 2.05) is 13.2 Å². The van der Waals surface area contributed by atoms with Gasteiger partial charge in [0.2, 0.25) is 5.91 Å². The molecule has 0 radical (unpaired) electrons. The third-order valence-corrected chi connectivity index (χ3v) is 3.28. The number of nitrogens with two attached hydrogens (primary N) is 1. The molecule has 0 fully saturated rings. The summed E-state index contributed by atoms with van der Waals surface area (Å²) in [6.07, 6.45) is 4.35. The number of anilines is 1. The molecule has 0 spiro atoms. The second-order valence-corrected chi connectivity index (χ2v) is 4.97. The Kier molecular flexibility index (Phi) is 5.77. The molecule has 0 saturated carbocycles. The molecule has 1 aromatic rings. The van der Waals surface area contributed by atoms with Crippen LogP contribution in [0, 0.1) is 0 Å². The molecule has 3 N–H and O–H groups in total. The van der Waals surface area contributed by atoms with Crippen molar-refractivity contribution in [3.63, 3.8) is 0 Å². The summed E-state index contributed by atoms with van der Waals surface area (Å²) in [6.45, 7) is 2.03. The second-order valence-electron chi connectivity index (χ2n) is 4.06. The summed E-state index contributed by atoms with van der Waals surface area (Å²) >= 11 is 1.68. The lowest BCUT2D eigenvalue weighted by molar-refractivity contribution is -0.122. The molecule has 18 heavy (non-hydrogen) atoms. The van der Waals surface area contributed by atoms with Crippen LogP contribution < -0.4 is 16.6 Å². The normalized spacial score (nSPS) is 12.1. The number of nitrogens with one attached hydrogen (secondary N) is 1. The third kappa shape index (κ3) is 4.44. The maximum Gasteiger partial charge on any atom is 0.251 e. The minimum atomic E-state index is -0.225. The molecule has 6 heteroatoms. The summed E-state index contributed by atoms with van der Waals surface area (Å²) in [5, 5.41) is 2.90. The molecule has 1 rings (SSSR count). The number of nitrogen functional groups attached to an aromatic ring is 1. The van der Waals surface area contributed by atoms with E-state index in [9.17, 15) is 9.59 Å². The van der Waals surface area contributed by atoms with Gasteiger partial charge in [0.25, 0.3) is 5.56 Å². The molecule has 0 saturated heterocycles. The van der Waals surface area contributed by atoms with Gasteiger partial charge in [0, 0.05) is 29.7 Å². The molecule has 1 unspecified atom stereocenters. The summed E-state index contributed by atoms with van der Waals surface area (Å²) in [4.78, 5) is 23.3. The maximum absolute atomic E-state index is 11.8. The number of pyridine rings is 1. The lowest BCUT2D eigenvalue weighted by Gasteiger charge is -2.16. The molecule has 1 atom stereocenters. The summed E-state index contributed by atoms with van der Waals surface area (Å²) < 4.78 is 1.32. The Morgan fingerprint density at radius 1 is 1.56 bits per heavy atom. The van der Waals surface area contributed by atoms with E-state index in [1.165, 1.54) is 22.9 Å². The average Bonchev–Trinajstić information content (AvgIpc) is 2.33. The van der Waals surface area contributed by atoms with Gasteiger partial charge in [-0.1, -0.05) is 6.92 Å². The van der Waals surface area contributed by atoms with Crippen molar-refractivity contribution < 1.29 is 4.79 Å². The van der Waals surface area contributed by atoms with Crippen molar-refractivity contribution in [3.05, 3.63) is 28.7 Å². The van der Waals surface area contributed by atoms with Crippen LogP contribution in [-0.2, 0) is 11.3 Å². The minimum absolute atomic E-state index is 0.00868. The quantitative estimate of drug-likeness (QED) is 0.796. The first-order chi connectivity index (χ1) is 8.56. The van der Waals surface area contributed by atoms with Crippen LogP contribution in [0.1, 0.15) is 13.3 Å². The number of hydrogen-bond donors (Lipinski definition) is 2. The zero-order valence-electron chi connectivity index (χ0n) is 10.7. The number of nitrogens with zero attached hydrogens (tertiary/aromatic N) is 1. The van der Waals surface area contributed by atoms with Crippen LogP contribution in [0.2, 0.25) is 0 Å². The molecule has 0 aliphatic heterocycles. The van der Waals surface area contributed by atoms with Crippen LogP contribution in [0.15, 0.2) is 23.1 Å². The van der Waals surface area contributed by atoms with E-state index in [-0.39, 0.29) is 24.1 Å². The summed E-state index contributed by atoms with van der Waals surface area (Å²) in [5.74, 6) is 0.706. The number of amides is 1. The fourth-order valence-electron chi connectivity index (χ4n) is 1.56. The number of hydrogen-bond acceptors (Lipinski definition) is 4. The van der Waals surface area contributed by atoms with E-state index in [4.69, 9.17) is 5.73 Å². The molecule has 5 nitrogen and oxygen atoms in total. The van der Waals surface area contributed by atoms with E-state index in [2.05, 4.69) is 5.32 Å². The lowest BCUT2D eigenvalue weighted by Crippen LogP contribution is -2.39. The number of carbonyl (C=O) groups excluding carboxylic acids is 1. The molecule has 0 aromatic carbocycles. The van der Waals surface area contributed by atoms with Crippen molar-refractivity contribution in [2.45, 2.75) is 25.9 Å². The van der Waals surface area contributed by atoms with E-state index < -0.39 is 0 Å². The average molecular weight is 269 g/mol. The SMILES string of the molecule is CCC(CSC)NC(=O)Cn1cc(N)ccc1=O. The largest absolute Gasteiger partial charge is 0.398 e. The van der Waals surface area contributed by atoms with Gasteiger partial charge in [0.1, 0.15) is 6.54 Å². The van der Waals surface area contributed by atoms with Gasteiger partial charge in [0.05, 0.1) is 0 Å². The number of thioether (sulfide) groups is 1. The summed E-state index contributed by atoms with van der Waals surface area (Å²) in [6, 6.07) is 3.03. The van der Waals surface area contributed by atoms with Crippen molar-refractivity contribution >= 4 is 23.4 Å². The van der Waals surface area contributed by atoms with Crippen molar-refractivity contribution in [3.8, 4) is 0 Å². The molecule has 0 bridgehead atoms. The van der Waals surface area contributed by atoms with Gasteiger partial charge in [-0.3, -0.25) is 9.59 Å². The molecule has 100 valence electrons. The van der Waals surface area contributed by atoms with Gasteiger partial charge in [-0.15, -0.1) is 0 Å². The van der Waals surface area contributed by atoms with Crippen LogP contribution in [0.3, 0.4) is 0 Å². The molecular formula is C12H19N3O2S. The predicted octanol–water partition coefficient (Wildman–Crippen LogP) is 0.688. The summed E-state index contributed by atoms with van der Waals surface area (Å²) in [5.41, 5.74) is 5.83. The predicted molar refractivity (Wildman–Crippen MR) is 75.7 cm³/mol. The molecule has 1 heterocycles. The number of rotatable bonds is 6. The van der Waals surface area contributed by atoms with Gasteiger partial charge in [-0.2, -0.15) is 11.8 Å². The van der Waals surface area contributed by atoms with Crippen LogP contribution in [0.5, 0.6) is 0 Å². The Labute approximate surface area is 111 Å². The number of aromatic nitrogens is 1. The Morgan fingerprint density at radius 2 is 2.28 bits per heavy atom. The van der Waals surface area contributed by atoms with E-state index in [0.29, 0.717) is 5.69 Å². The van der Waals surface area contributed by atoms with Crippen LogP contribution >= 0.6 is 11.8 Å². The molecule has 0 aliphatic rings. The Balaban J connectivity index is 2.64. The van der Waals surface area contributed by atoms with Gasteiger partial charge in [-0.25, -0.2) is 0 Å². The fourth-order valence-corrected chi connectivity index (χ4v) is 2.29. The van der Waals surface area contributed by atoms with E-state index in [0.717, 1.165) is 12.2 Å². The van der Waals surface area contributed by atoms with E-state index >= 15 is 0 Å². The first-order valence-corrected chi connectivity index (χ1v) is 7.20. The fraction of sp³-hybridized carbons (Fsp3) is 0.500. The third-order valence-electron chi connectivity index (χ3n) is 2.55. The van der Waals surface area contributed by atoms with Gasteiger partial charge < -0.3 is 15.6 Å². The zero-order chi connectivity index (χ0) is 13.5. The molecule has 1 amide bonds. The minimum Gasteiger partial charge on any atom is -0.398 e. The zero-order valence-corrected chi connectivity index (χ0v) is 11.5. The maximum atomic E-state index is 11.8. The van der Waals surface area contributed by atoms with Crippen LogP contribution in [0.4, 0.5) is 5.69 Å². The molecule has 0 aliphatic carbocycles. The van der Waals surface area contributed by atoms with Gasteiger partial charge in [0.15, 0.2) is 0 Å². The molecule has 1 aromatic heterocycles. The van der Waals surface area contributed by atoms with Gasteiger partial charge in [-0.05, 0) is 18.7 Å². The topological polar surface area (TPSA) is 77.1 Å². The first kappa shape index (κ1) is 14.6.